The van der Waals surface area contributed by atoms with Gasteiger partial charge in [-0.15, -0.1) is 0 Å². The summed E-state index contributed by atoms with van der Waals surface area (Å²) in [5, 5.41) is 4.64. The van der Waals surface area contributed by atoms with Crippen molar-refractivity contribution in [3.05, 3.63) is 60.3 Å². The average molecular weight is 380 g/mol. The van der Waals surface area contributed by atoms with E-state index in [0.717, 1.165) is 16.0 Å². The van der Waals surface area contributed by atoms with E-state index in [-0.39, 0.29) is 18.2 Å². The van der Waals surface area contributed by atoms with Crippen LogP contribution in [0.1, 0.15) is 6.42 Å². The topological polar surface area (TPSA) is 83.6 Å². The molecule has 2 amide bonds. The Morgan fingerprint density at radius 3 is 2.85 bits per heavy atom. The van der Waals surface area contributed by atoms with Crippen LogP contribution in [0, 0.1) is 0 Å². The molecule has 1 aliphatic heterocycles. The lowest BCUT2D eigenvalue weighted by molar-refractivity contribution is -0.119. The number of thiazole rings is 1. The number of hydrazine groups is 1. The van der Waals surface area contributed by atoms with Crippen molar-refractivity contribution in [2.24, 2.45) is 0 Å². The summed E-state index contributed by atoms with van der Waals surface area (Å²) >= 11 is 1.36. The zero-order chi connectivity index (χ0) is 18.8. The number of anilines is 2. The highest BCUT2D eigenvalue weighted by molar-refractivity contribution is 7.22. The predicted molar refractivity (Wildman–Crippen MR) is 105 cm³/mol. The van der Waals surface area contributed by atoms with E-state index < -0.39 is 0 Å². The molecule has 0 saturated heterocycles. The Balaban J connectivity index is 1.52. The largest absolute Gasteiger partial charge is 0.497 e. The lowest BCUT2D eigenvalue weighted by Crippen LogP contribution is -2.47. The summed E-state index contributed by atoms with van der Waals surface area (Å²) in [5.74, 6) is 0.247. The number of hydrogen-bond donors (Lipinski definition) is 2. The maximum Gasteiger partial charge on any atom is 0.275 e. The van der Waals surface area contributed by atoms with Crippen molar-refractivity contribution in [2.75, 3.05) is 17.4 Å². The third kappa shape index (κ3) is 3.47. The number of benzene rings is 2. The maximum atomic E-state index is 12.6. The molecule has 0 fully saturated rings. The third-order valence-corrected chi connectivity index (χ3v) is 4.97. The van der Waals surface area contributed by atoms with Crippen LogP contribution in [0.5, 0.6) is 5.75 Å². The van der Waals surface area contributed by atoms with E-state index in [0.29, 0.717) is 16.5 Å². The number of carbonyl (C=O) groups is 2. The number of hydrogen-bond acceptors (Lipinski definition) is 6. The number of methoxy groups -OCH3 is 1. The first-order chi connectivity index (χ1) is 13.1. The highest BCUT2D eigenvalue weighted by Gasteiger charge is 2.24. The molecule has 2 aromatic carbocycles. The zero-order valence-corrected chi connectivity index (χ0v) is 15.2. The first kappa shape index (κ1) is 17.0. The molecule has 0 bridgehead atoms. The Labute approximate surface area is 159 Å². The van der Waals surface area contributed by atoms with Crippen molar-refractivity contribution in [1.82, 2.24) is 10.4 Å². The van der Waals surface area contributed by atoms with Crippen molar-refractivity contribution in [3.8, 4) is 5.75 Å². The number of rotatable bonds is 4. The number of nitrogens with zero attached hydrogens (tertiary/aromatic N) is 2. The first-order valence-electron chi connectivity index (χ1n) is 8.25. The van der Waals surface area contributed by atoms with Crippen molar-refractivity contribution < 1.29 is 14.3 Å². The summed E-state index contributed by atoms with van der Waals surface area (Å²) in [6.07, 6.45) is 1.72. The lowest BCUT2D eigenvalue weighted by atomic mass is 10.2. The van der Waals surface area contributed by atoms with Gasteiger partial charge in [-0.1, -0.05) is 29.5 Å². The van der Waals surface area contributed by atoms with Gasteiger partial charge in [-0.25, -0.2) is 9.99 Å². The summed E-state index contributed by atoms with van der Waals surface area (Å²) < 4.78 is 6.12. The number of carbonyl (C=O) groups excluding carboxylic acids is 2. The third-order valence-electron chi connectivity index (χ3n) is 4.04. The van der Waals surface area contributed by atoms with Crippen molar-refractivity contribution in [2.45, 2.75) is 6.42 Å². The fraction of sp³-hybridized carbons (Fsp3) is 0.105. The van der Waals surface area contributed by atoms with E-state index >= 15 is 0 Å². The van der Waals surface area contributed by atoms with Gasteiger partial charge in [0.1, 0.15) is 11.4 Å². The van der Waals surface area contributed by atoms with Crippen LogP contribution in [-0.2, 0) is 9.59 Å². The smallest absolute Gasteiger partial charge is 0.275 e. The summed E-state index contributed by atoms with van der Waals surface area (Å²) in [6.45, 7) is 0. The average Bonchev–Trinajstić information content (AvgIpc) is 3.10. The number of nitrogens with one attached hydrogen (secondary N) is 2. The molecule has 0 radical (unpaired) electrons. The van der Waals surface area contributed by atoms with Crippen LogP contribution in [-0.4, -0.2) is 23.9 Å². The second-order valence-electron chi connectivity index (χ2n) is 5.81. The quantitative estimate of drug-likeness (QED) is 0.727. The summed E-state index contributed by atoms with van der Waals surface area (Å²) in [6, 6.07) is 14.7. The van der Waals surface area contributed by atoms with Gasteiger partial charge in [0.05, 0.1) is 23.0 Å². The van der Waals surface area contributed by atoms with Gasteiger partial charge >= 0.3 is 0 Å². The molecule has 0 spiro atoms. The van der Waals surface area contributed by atoms with Crippen LogP contribution in [0.15, 0.2) is 60.3 Å². The van der Waals surface area contributed by atoms with E-state index in [9.17, 15) is 9.59 Å². The van der Waals surface area contributed by atoms with Gasteiger partial charge in [-0.2, -0.15) is 0 Å². The molecule has 4 rings (SSSR count). The minimum Gasteiger partial charge on any atom is -0.497 e. The second-order valence-corrected chi connectivity index (χ2v) is 6.84. The molecule has 0 saturated carbocycles. The van der Waals surface area contributed by atoms with Crippen LogP contribution in [0.25, 0.3) is 10.2 Å². The zero-order valence-electron chi connectivity index (χ0n) is 14.4. The molecule has 0 unspecified atom stereocenters. The van der Waals surface area contributed by atoms with E-state index in [1.165, 1.54) is 16.3 Å². The fourth-order valence-electron chi connectivity index (χ4n) is 2.69. The first-order valence-corrected chi connectivity index (χ1v) is 9.06. The number of para-hydroxylation sites is 1. The molecule has 7 nitrogen and oxygen atoms in total. The highest BCUT2D eigenvalue weighted by atomic mass is 32.1. The number of fused-ring (bicyclic) bond motifs is 1. The van der Waals surface area contributed by atoms with Crippen molar-refractivity contribution >= 4 is 44.2 Å². The molecule has 1 aromatic heterocycles. The number of amides is 2. The van der Waals surface area contributed by atoms with Crippen molar-refractivity contribution in [3.63, 3.8) is 0 Å². The van der Waals surface area contributed by atoms with Gasteiger partial charge in [-0.05, 0) is 36.4 Å². The van der Waals surface area contributed by atoms with Gasteiger partial charge < -0.3 is 4.74 Å². The summed E-state index contributed by atoms with van der Waals surface area (Å²) in [7, 11) is 1.60. The molecule has 27 heavy (non-hydrogen) atoms. The normalized spacial score (nSPS) is 13.9. The van der Waals surface area contributed by atoms with Crippen LogP contribution < -0.4 is 20.5 Å². The Morgan fingerprint density at radius 2 is 2.07 bits per heavy atom. The Bertz CT molecular complexity index is 1050. The summed E-state index contributed by atoms with van der Waals surface area (Å²) in [5.41, 5.74) is 4.64. The molecule has 0 aliphatic carbocycles. The van der Waals surface area contributed by atoms with E-state index in [4.69, 9.17) is 4.74 Å². The molecule has 2 N–H and O–H groups in total. The maximum absolute atomic E-state index is 12.6. The minimum absolute atomic E-state index is 0.134. The summed E-state index contributed by atoms with van der Waals surface area (Å²) in [4.78, 5) is 29.2. The standard InChI is InChI=1S/C19H16N4O3S/c1-26-13-7-8-14-16(11-13)27-19(20-14)21-18(25)15-9-10-17(24)23(22-15)12-5-3-2-4-6-12/h2-9,11,22H,10H2,1H3,(H,20,21,25). The lowest BCUT2D eigenvalue weighted by Gasteiger charge is -2.28. The van der Waals surface area contributed by atoms with E-state index in [1.807, 2.05) is 36.4 Å². The van der Waals surface area contributed by atoms with Crippen LogP contribution in [0.4, 0.5) is 10.8 Å². The minimum atomic E-state index is -0.352. The molecular formula is C19H16N4O3S. The fourth-order valence-corrected chi connectivity index (χ4v) is 3.58. The molecule has 0 atom stereocenters. The molecule has 8 heteroatoms. The number of aromatic nitrogens is 1. The molecule has 3 aromatic rings. The van der Waals surface area contributed by atoms with Gasteiger partial charge in [0.25, 0.3) is 5.91 Å². The molecule has 136 valence electrons. The van der Waals surface area contributed by atoms with E-state index in [2.05, 4.69) is 15.7 Å². The van der Waals surface area contributed by atoms with Crippen molar-refractivity contribution in [1.29, 1.82) is 0 Å². The monoisotopic (exact) mass is 380 g/mol. The number of ether oxygens (including phenoxy) is 1. The van der Waals surface area contributed by atoms with Gasteiger partial charge in [-0.3, -0.25) is 20.3 Å². The second kappa shape index (κ2) is 7.08. The van der Waals surface area contributed by atoms with E-state index in [1.54, 1.807) is 25.3 Å². The molecular weight excluding hydrogens is 364 g/mol. The van der Waals surface area contributed by atoms with Gasteiger partial charge in [0.15, 0.2) is 5.13 Å². The molecule has 1 aliphatic rings. The van der Waals surface area contributed by atoms with Gasteiger partial charge in [0.2, 0.25) is 5.91 Å². The highest BCUT2D eigenvalue weighted by Crippen LogP contribution is 2.29. The Kier molecular flexibility index (Phi) is 4.47. The van der Waals surface area contributed by atoms with Crippen LogP contribution in [0.2, 0.25) is 0 Å². The van der Waals surface area contributed by atoms with Crippen LogP contribution >= 0.6 is 11.3 Å². The Morgan fingerprint density at radius 1 is 1.26 bits per heavy atom. The SMILES string of the molecule is COc1ccc2nc(NC(=O)C3=CCC(=O)N(c4ccccc4)N3)sc2c1. The van der Waals surface area contributed by atoms with Gasteiger partial charge in [0, 0.05) is 6.42 Å². The Hall–Kier alpha value is -3.39. The predicted octanol–water partition coefficient (Wildman–Crippen LogP) is 3.07. The van der Waals surface area contributed by atoms with Crippen LogP contribution in [0.3, 0.4) is 0 Å². The molecule has 2 heterocycles.